The number of aromatic nitrogens is 2. The molecule has 0 radical (unpaired) electrons. The quantitative estimate of drug-likeness (QED) is 0.611. The van der Waals surface area contributed by atoms with E-state index in [9.17, 15) is 4.79 Å². The second kappa shape index (κ2) is 7.21. The number of benzene rings is 1. The van der Waals surface area contributed by atoms with Gasteiger partial charge >= 0.3 is 0 Å². The molecule has 0 aliphatic heterocycles. The normalized spacial score (nSPS) is 30.5. The lowest BCUT2D eigenvalue weighted by atomic mass is 9.48. The zero-order chi connectivity index (χ0) is 19.1. The molecule has 1 aromatic carbocycles. The second-order valence-corrected chi connectivity index (χ2v) is 9.64. The molecule has 0 saturated heterocycles. The van der Waals surface area contributed by atoms with Crippen LogP contribution < -0.4 is 4.74 Å². The van der Waals surface area contributed by atoms with Crippen LogP contribution in [0.1, 0.15) is 45.4 Å². The van der Waals surface area contributed by atoms with Gasteiger partial charge in [-0.15, -0.1) is 10.2 Å². The number of carbonyl (C=O) groups is 1. The predicted octanol–water partition coefficient (Wildman–Crippen LogP) is 5.01. The molecule has 28 heavy (non-hydrogen) atoms. The molecule has 4 fully saturated rings. The van der Waals surface area contributed by atoms with Gasteiger partial charge in [-0.05, 0) is 75.3 Å². The third-order valence-corrected chi connectivity index (χ3v) is 7.60. The van der Waals surface area contributed by atoms with Gasteiger partial charge in [-0.3, -0.25) is 4.79 Å². The van der Waals surface area contributed by atoms with E-state index in [2.05, 4.69) is 10.2 Å². The lowest BCUT2D eigenvalue weighted by Gasteiger charge is -2.55. The SMILES string of the molecule is CCOc1ccccc1-c1nnc(SCC(=O)C23CC4CC(CC(C4)C2)C3)o1. The number of ether oxygens (including phenoxy) is 1. The average Bonchev–Trinajstić information content (AvgIpc) is 3.14. The number of hydrogen-bond donors (Lipinski definition) is 0. The fourth-order valence-corrected chi connectivity index (χ4v) is 6.83. The molecule has 0 unspecified atom stereocenters. The van der Waals surface area contributed by atoms with E-state index in [1.165, 1.54) is 31.0 Å². The molecule has 4 saturated carbocycles. The van der Waals surface area contributed by atoms with Gasteiger partial charge in [-0.25, -0.2) is 0 Å². The minimum atomic E-state index is -0.0633. The first-order valence-corrected chi connectivity index (χ1v) is 11.4. The van der Waals surface area contributed by atoms with Gasteiger partial charge in [-0.1, -0.05) is 23.9 Å². The van der Waals surface area contributed by atoms with E-state index >= 15 is 0 Å². The van der Waals surface area contributed by atoms with E-state index < -0.39 is 0 Å². The van der Waals surface area contributed by atoms with Crippen molar-refractivity contribution in [3.8, 4) is 17.2 Å². The Morgan fingerprint density at radius 2 is 1.82 bits per heavy atom. The van der Waals surface area contributed by atoms with Crippen molar-refractivity contribution in [3.05, 3.63) is 24.3 Å². The highest BCUT2D eigenvalue weighted by molar-refractivity contribution is 7.99. The molecule has 4 aliphatic carbocycles. The van der Waals surface area contributed by atoms with Gasteiger partial charge in [0.25, 0.3) is 11.1 Å². The van der Waals surface area contributed by atoms with Crippen LogP contribution in [0.25, 0.3) is 11.5 Å². The van der Waals surface area contributed by atoms with Crippen molar-refractivity contribution >= 4 is 17.5 Å². The van der Waals surface area contributed by atoms with Crippen LogP contribution in [-0.4, -0.2) is 28.3 Å². The summed E-state index contributed by atoms with van der Waals surface area (Å²) in [7, 11) is 0. The zero-order valence-electron chi connectivity index (χ0n) is 16.2. The van der Waals surface area contributed by atoms with E-state index in [0.29, 0.717) is 29.3 Å². The monoisotopic (exact) mass is 398 g/mol. The maximum absolute atomic E-state index is 13.2. The number of Topliss-reactive ketones (excluding diaryl/α,β-unsaturated/α-hetero) is 1. The first-order valence-electron chi connectivity index (χ1n) is 10.4. The summed E-state index contributed by atoms with van der Waals surface area (Å²) in [5.74, 6) is 4.34. The average molecular weight is 399 g/mol. The summed E-state index contributed by atoms with van der Waals surface area (Å²) in [5.41, 5.74) is 0.725. The van der Waals surface area contributed by atoms with E-state index in [4.69, 9.17) is 9.15 Å². The van der Waals surface area contributed by atoms with Crippen molar-refractivity contribution in [3.63, 3.8) is 0 Å². The topological polar surface area (TPSA) is 65.2 Å². The van der Waals surface area contributed by atoms with Gasteiger partial charge < -0.3 is 9.15 Å². The third kappa shape index (κ3) is 3.25. The van der Waals surface area contributed by atoms with E-state index in [1.54, 1.807) is 0 Å². The molecule has 0 amide bonds. The maximum atomic E-state index is 13.2. The van der Waals surface area contributed by atoms with Gasteiger partial charge in [0.2, 0.25) is 0 Å². The van der Waals surface area contributed by atoms with E-state index in [0.717, 1.165) is 48.3 Å². The van der Waals surface area contributed by atoms with Crippen LogP contribution in [0.4, 0.5) is 0 Å². The minimum absolute atomic E-state index is 0.0633. The molecule has 4 bridgehead atoms. The Morgan fingerprint density at radius 3 is 2.50 bits per heavy atom. The van der Waals surface area contributed by atoms with Crippen molar-refractivity contribution < 1.29 is 13.9 Å². The van der Waals surface area contributed by atoms with Crippen molar-refractivity contribution in [1.29, 1.82) is 0 Å². The summed E-state index contributed by atoms with van der Waals surface area (Å²) in [6, 6.07) is 7.65. The molecule has 1 heterocycles. The van der Waals surface area contributed by atoms with Gasteiger partial charge in [0.1, 0.15) is 11.5 Å². The Morgan fingerprint density at radius 1 is 1.14 bits per heavy atom. The highest BCUT2D eigenvalue weighted by Gasteiger charge is 2.54. The van der Waals surface area contributed by atoms with Crippen LogP contribution in [0.3, 0.4) is 0 Å². The van der Waals surface area contributed by atoms with Crippen molar-refractivity contribution in [2.45, 2.75) is 50.7 Å². The molecule has 4 aliphatic rings. The highest BCUT2D eigenvalue weighted by Crippen LogP contribution is 2.60. The van der Waals surface area contributed by atoms with Crippen LogP contribution in [-0.2, 0) is 4.79 Å². The predicted molar refractivity (Wildman–Crippen MR) is 107 cm³/mol. The number of ketones is 1. The molecule has 148 valence electrons. The number of nitrogens with zero attached hydrogens (tertiary/aromatic N) is 2. The number of rotatable bonds is 7. The van der Waals surface area contributed by atoms with E-state index in [1.807, 2.05) is 31.2 Å². The van der Waals surface area contributed by atoms with Gasteiger partial charge in [0.05, 0.1) is 17.9 Å². The summed E-state index contributed by atoms with van der Waals surface area (Å²) < 4.78 is 11.5. The Labute approximate surface area is 169 Å². The zero-order valence-corrected chi connectivity index (χ0v) is 17.0. The van der Waals surface area contributed by atoms with Gasteiger partial charge in [0, 0.05) is 5.41 Å². The minimum Gasteiger partial charge on any atom is -0.493 e. The van der Waals surface area contributed by atoms with Crippen molar-refractivity contribution in [1.82, 2.24) is 10.2 Å². The third-order valence-electron chi connectivity index (χ3n) is 6.78. The maximum Gasteiger partial charge on any atom is 0.277 e. The number of carbonyl (C=O) groups excluding carboxylic acids is 1. The van der Waals surface area contributed by atoms with Crippen LogP contribution in [0.2, 0.25) is 0 Å². The highest BCUT2D eigenvalue weighted by atomic mass is 32.2. The van der Waals surface area contributed by atoms with Gasteiger partial charge in [0.15, 0.2) is 0 Å². The summed E-state index contributed by atoms with van der Waals surface area (Å²) in [6.45, 7) is 2.52. The largest absolute Gasteiger partial charge is 0.493 e. The first kappa shape index (κ1) is 18.2. The fourth-order valence-electron chi connectivity index (χ4n) is 6.03. The molecule has 0 N–H and O–H groups in total. The van der Waals surface area contributed by atoms with Crippen molar-refractivity contribution in [2.75, 3.05) is 12.4 Å². The fraction of sp³-hybridized carbons (Fsp3) is 0.591. The Balaban J connectivity index is 1.27. The number of para-hydroxylation sites is 1. The smallest absolute Gasteiger partial charge is 0.277 e. The summed E-state index contributed by atoms with van der Waals surface area (Å²) in [6.07, 6.45) is 7.38. The molecular formula is C22H26N2O3S. The lowest BCUT2D eigenvalue weighted by molar-refractivity contribution is -0.141. The molecule has 6 rings (SSSR count). The summed E-state index contributed by atoms with van der Waals surface area (Å²) in [5, 5.41) is 8.78. The van der Waals surface area contributed by atoms with Crippen LogP contribution in [0, 0.1) is 23.2 Å². The van der Waals surface area contributed by atoms with Gasteiger partial charge in [-0.2, -0.15) is 0 Å². The molecular weight excluding hydrogens is 372 g/mol. The van der Waals surface area contributed by atoms with Crippen molar-refractivity contribution in [2.24, 2.45) is 23.2 Å². The summed E-state index contributed by atoms with van der Waals surface area (Å²) in [4.78, 5) is 13.2. The Hall–Kier alpha value is -1.82. The molecule has 1 aromatic heterocycles. The van der Waals surface area contributed by atoms with E-state index in [-0.39, 0.29) is 5.41 Å². The standard InChI is InChI=1S/C22H26N2O3S/c1-2-26-18-6-4-3-5-17(18)20-23-24-21(27-20)28-13-19(25)22-10-14-7-15(11-22)9-16(8-14)12-22/h3-6,14-16H,2,7-13H2,1H3. The Kier molecular flexibility index (Phi) is 4.69. The number of thioether (sulfide) groups is 1. The Bertz CT molecular complexity index is 843. The van der Waals surface area contributed by atoms with Crippen LogP contribution in [0.5, 0.6) is 5.75 Å². The molecule has 5 nitrogen and oxygen atoms in total. The molecule has 6 heteroatoms. The first-order chi connectivity index (χ1) is 13.6. The molecule has 0 atom stereocenters. The lowest BCUT2D eigenvalue weighted by Crippen LogP contribution is -2.50. The molecule has 2 aromatic rings. The second-order valence-electron chi connectivity index (χ2n) is 8.71. The number of hydrogen-bond acceptors (Lipinski definition) is 6. The van der Waals surface area contributed by atoms with Crippen LogP contribution >= 0.6 is 11.8 Å². The summed E-state index contributed by atoms with van der Waals surface area (Å²) >= 11 is 1.38. The molecule has 0 spiro atoms. The van der Waals surface area contributed by atoms with Crippen LogP contribution in [0.15, 0.2) is 33.9 Å².